The maximum Gasteiger partial charge on any atom is 0.144 e. The Kier molecular flexibility index (Phi) is 3.94. The van der Waals surface area contributed by atoms with Crippen LogP contribution in [0.3, 0.4) is 0 Å². The van der Waals surface area contributed by atoms with E-state index in [2.05, 4.69) is 105 Å². The summed E-state index contributed by atoms with van der Waals surface area (Å²) in [7, 11) is 2.11. The fraction of sp³-hybridized carbons (Fsp3) is 0.172. The summed E-state index contributed by atoms with van der Waals surface area (Å²) >= 11 is 0. The zero-order chi connectivity index (χ0) is 22.0. The first-order valence-electron chi connectivity index (χ1n) is 11.1. The van der Waals surface area contributed by atoms with Crippen LogP contribution in [0.4, 0.5) is 0 Å². The molecule has 0 aliphatic heterocycles. The van der Waals surface area contributed by atoms with Gasteiger partial charge in [0.25, 0.3) is 0 Å². The number of fused-ring (bicyclic) bond motifs is 6. The van der Waals surface area contributed by atoms with Crippen LogP contribution in [0.15, 0.2) is 79.1 Å². The van der Waals surface area contributed by atoms with Gasteiger partial charge in [-0.1, -0.05) is 81.4 Å². The van der Waals surface area contributed by atoms with Gasteiger partial charge in [-0.2, -0.15) is 0 Å². The van der Waals surface area contributed by atoms with Crippen LogP contribution in [0.5, 0.6) is 0 Å². The van der Waals surface area contributed by atoms with E-state index in [1.165, 1.54) is 38.0 Å². The van der Waals surface area contributed by atoms with Crippen molar-refractivity contribution in [3.05, 3.63) is 84.7 Å². The first-order chi connectivity index (χ1) is 15.4. The predicted octanol–water partition coefficient (Wildman–Crippen LogP) is 7.39. The Bertz CT molecular complexity index is 1670. The van der Waals surface area contributed by atoms with E-state index in [-0.39, 0.29) is 5.41 Å². The number of hydrogen-bond acceptors (Lipinski definition) is 2. The van der Waals surface area contributed by atoms with Gasteiger partial charge in [-0.15, -0.1) is 0 Å². The first kappa shape index (κ1) is 19.0. The average Bonchev–Trinajstić information content (AvgIpc) is 3.10. The monoisotopic (exact) mass is 415 g/mol. The molecule has 2 aromatic heterocycles. The molecule has 0 amide bonds. The van der Waals surface area contributed by atoms with Crippen LogP contribution in [-0.2, 0) is 12.5 Å². The van der Waals surface area contributed by atoms with Crippen molar-refractivity contribution < 1.29 is 0 Å². The van der Waals surface area contributed by atoms with Crippen LogP contribution in [0.2, 0.25) is 0 Å². The predicted molar refractivity (Wildman–Crippen MR) is 135 cm³/mol. The molecule has 6 rings (SSSR count). The summed E-state index contributed by atoms with van der Waals surface area (Å²) in [4.78, 5) is 9.52. The van der Waals surface area contributed by atoms with Gasteiger partial charge in [0.2, 0.25) is 0 Å². The molecule has 0 radical (unpaired) electrons. The number of hydrogen-bond donors (Lipinski definition) is 0. The zero-order valence-corrected chi connectivity index (χ0v) is 18.8. The lowest BCUT2D eigenvalue weighted by atomic mass is 9.82. The number of nitrogens with zero attached hydrogens (tertiary/aromatic N) is 3. The first-order valence-corrected chi connectivity index (χ1v) is 11.1. The molecule has 2 heterocycles. The molecule has 32 heavy (non-hydrogen) atoms. The molecular weight excluding hydrogens is 390 g/mol. The molecule has 0 unspecified atom stereocenters. The maximum atomic E-state index is 4.83. The van der Waals surface area contributed by atoms with Crippen LogP contribution in [-0.4, -0.2) is 14.5 Å². The highest BCUT2D eigenvalue weighted by Crippen LogP contribution is 2.40. The van der Waals surface area contributed by atoms with Crippen molar-refractivity contribution in [1.29, 1.82) is 0 Å². The second-order valence-corrected chi connectivity index (χ2v) is 9.66. The Morgan fingerprint density at radius 3 is 2.22 bits per heavy atom. The van der Waals surface area contributed by atoms with E-state index >= 15 is 0 Å². The highest BCUT2D eigenvalue weighted by atomic mass is 15.0. The summed E-state index contributed by atoms with van der Waals surface area (Å²) in [6.07, 6.45) is 1.70. The Hall–Kier alpha value is -3.72. The smallest absolute Gasteiger partial charge is 0.144 e. The molecule has 0 aliphatic carbocycles. The van der Waals surface area contributed by atoms with Gasteiger partial charge in [-0.25, -0.2) is 9.97 Å². The van der Waals surface area contributed by atoms with Gasteiger partial charge < -0.3 is 4.57 Å². The quantitative estimate of drug-likeness (QED) is 0.280. The van der Waals surface area contributed by atoms with E-state index in [1.54, 1.807) is 6.33 Å². The minimum absolute atomic E-state index is 0.0245. The second kappa shape index (κ2) is 6.64. The van der Waals surface area contributed by atoms with Gasteiger partial charge in [0.15, 0.2) is 0 Å². The fourth-order valence-electron chi connectivity index (χ4n) is 5.09. The van der Waals surface area contributed by atoms with Crippen molar-refractivity contribution >= 4 is 43.5 Å². The van der Waals surface area contributed by atoms with Gasteiger partial charge in [0.1, 0.15) is 12.0 Å². The molecule has 156 valence electrons. The van der Waals surface area contributed by atoms with Crippen molar-refractivity contribution in [3.8, 4) is 11.3 Å². The fourth-order valence-corrected chi connectivity index (χ4v) is 5.09. The van der Waals surface area contributed by atoms with Gasteiger partial charge in [-0.05, 0) is 39.3 Å². The third-order valence-electron chi connectivity index (χ3n) is 6.59. The minimum Gasteiger partial charge on any atom is -0.328 e. The largest absolute Gasteiger partial charge is 0.328 e. The summed E-state index contributed by atoms with van der Waals surface area (Å²) < 4.78 is 2.21. The molecule has 3 nitrogen and oxygen atoms in total. The Balaban J connectivity index is 1.76. The summed E-state index contributed by atoms with van der Waals surface area (Å²) in [5, 5.41) is 7.34. The zero-order valence-electron chi connectivity index (χ0n) is 18.8. The van der Waals surface area contributed by atoms with E-state index < -0.39 is 0 Å². The van der Waals surface area contributed by atoms with Crippen molar-refractivity contribution in [2.45, 2.75) is 26.2 Å². The van der Waals surface area contributed by atoms with Crippen molar-refractivity contribution in [2.75, 3.05) is 0 Å². The summed E-state index contributed by atoms with van der Waals surface area (Å²) in [6, 6.07) is 26.2. The molecule has 0 fully saturated rings. The maximum absolute atomic E-state index is 4.83. The summed E-state index contributed by atoms with van der Waals surface area (Å²) in [5.74, 6) is 0. The van der Waals surface area contributed by atoms with Gasteiger partial charge in [0.05, 0.1) is 16.6 Å². The SMILES string of the molecule is Cn1c2ncnc(-c3cc(C(C)(C)C)c4ccccc4c3)c2c2ccc3ccccc3c21. The van der Waals surface area contributed by atoms with Crippen LogP contribution in [0, 0.1) is 0 Å². The normalized spacial score (nSPS) is 12.4. The average molecular weight is 416 g/mol. The van der Waals surface area contributed by atoms with Crippen LogP contribution >= 0.6 is 0 Å². The molecule has 0 N–H and O–H groups in total. The number of aromatic nitrogens is 3. The lowest BCUT2D eigenvalue weighted by Crippen LogP contribution is -2.12. The molecule has 0 atom stereocenters. The topological polar surface area (TPSA) is 30.7 Å². The molecule has 0 spiro atoms. The Labute approximate surface area is 187 Å². The molecule has 6 aromatic rings. The third kappa shape index (κ3) is 2.67. The number of aryl methyl sites for hydroxylation is 1. The second-order valence-electron chi connectivity index (χ2n) is 9.66. The van der Waals surface area contributed by atoms with E-state index in [9.17, 15) is 0 Å². The van der Waals surface area contributed by atoms with E-state index in [0.717, 1.165) is 22.3 Å². The Morgan fingerprint density at radius 2 is 1.44 bits per heavy atom. The van der Waals surface area contributed by atoms with Crippen LogP contribution in [0.25, 0.3) is 54.7 Å². The molecule has 0 aliphatic rings. The van der Waals surface area contributed by atoms with Gasteiger partial charge >= 0.3 is 0 Å². The molecule has 3 heteroatoms. The minimum atomic E-state index is 0.0245. The Morgan fingerprint density at radius 1 is 0.719 bits per heavy atom. The van der Waals surface area contributed by atoms with Crippen molar-refractivity contribution in [2.24, 2.45) is 7.05 Å². The van der Waals surface area contributed by atoms with Gasteiger partial charge in [-0.3, -0.25) is 0 Å². The standard InChI is InChI=1S/C29H25N3/c1-29(2,3)24-16-20(15-19-10-6-7-11-21(19)24)26-25-23-14-13-18-9-5-8-12-22(18)27(23)32(4)28(25)31-17-30-26/h5-17H,1-4H3. The molecular formula is C29H25N3. The number of benzene rings is 4. The molecule has 0 saturated heterocycles. The highest BCUT2D eigenvalue weighted by molar-refractivity contribution is 6.20. The summed E-state index contributed by atoms with van der Waals surface area (Å²) in [5.41, 5.74) is 5.66. The van der Waals surface area contributed by atoms with E-state index in [0.29, 0.717) is 0 Å². The van der Waals surface area contributed by atoms with E-state index in [4.69, 9.17) is 9.97 Å². The third-order valence-corrected chi connectivity index (χ3v) is 6.59. The molecule has 0 saturated carbocycles. The van der Waals surface area contributed by atoms with E-state index in [1.807, 2.05) is 0 Å². The van der Waals surface area contributed by atoms with Crippen molar-refractivity contribution in [3.63, 3.8) is 0 Å². The molecule has 0 bridgehead atoms. The van der Waals surface area contributed by atoms with Crippen LogP contribution in [0.1, 0.15) is 26.3 Å². The van der Waals surface area contributed by atoms with Crippen LogP contribution < -0.4 is 0 Å². The lowest BCUT2D eigenvalue weighted by Gasteiger charge is -2.22. The summed E-state index contributed by atoms with van der Waals surface area (Å²) in [6.45, 7) is 6.83. The highest BCUT2D eigenvalue weighted by Gasteiger charge is 2.21. The number of rotatable bonds is 1. The van der Waals surface area contributed by atoms with Gasteiger partial charge in [0, 0.05) is 23.4 Å². The van der Waals surface area contributed by atoms with Crippen molar-refractivity contribution in [1.82, 2.24) is 14.5 Å². The molecule has 4 aromatic carbocycles. The lowest BCUT2D eigenvalue weighted by molar-refractivity contribution is 0.596.